The molecule has 0 aromatic carbocycles. The standard InChI is InChI=1S/C12H18N8O/c1-21-7-9-2-4-19(6-9)11-15-10(18-13)16-12(17-11)20-5-3-14-8-20/h3,5,8-9H,2,4,6-7,13H2,1H3,(H,15,16,17,18). The molecular weight excluding hydrogens is 272 g/mol. The third-order valence-corrected chi connectivity index (χ3v) is 3.45. The van der Waals surface area contributed by atoms with Crippen LogP contribution in [0.25, 0.3) is 5.95 Å². The topological polar surface area (TPSA) is 107 Å². The summed E-state index contributed by atoms with van der Waals surface area (Å²) in [5.41, 5.74) is 2.48. The summed E-state index contributed by atoms with van der Waals surface area (Å²) in [7, 11) is 1.72. The predicted octanol–water partition coefficient (Wildman–Crippen LogP) is -0.184. The normalized spacial score (nSPS) is 18.2. The second kappa shape index (κ2) is 6.02. The molecule has 0 bridgehead atoms. The number of rotatable bonds is 5. The van der Waals surface area contributed by atoms with E-state index in [2.05, 4.69) is 30.3 Å². The number of hydrogen-bond donors (Lipinski definition) is 2. The van der Waals surface area contributed by atoms with Crippen molar-refractivity contribution in [1.29, 1.82) is 0 Å². The lowest BCUT2D eigenvalue weighted by Gasteiger charge is -2.17. The first-order chi connectivity index (χ1) is 10.3. The quantitative estimate of drug-likeness (QED) is 0.576. The van der Waals surface area contributed by atoms with Gasteiger partial charge in [-0.1, -0.05) is 0 Å². The number of nitrogens with two attached hydrogens (primary N) is 1. The van der Waals surface area contributed by atoms with Gasteiger partial charge in [0.1, 0.15) is 6.33 Å². The van der Waals surface area contributed by atoms with Gasteiger partial charge in [-0.2, -0.15) is 15.0 Å². The van der Waals surface area contributed by atoms with Gasteiger partial charge in [0, 0.05) is 38.5 Å². The molecule has 9 nitrogen and oxygen atoms in total. The largest absolute Gasteiger partial charge is 0.384 e. The number of methoxy groups -OCH3 is 1. The number of nitrogens with zero attached hydrogens (tertiary/aromatic N) is 6. The maximum atomic E-state index is 5.45. The molecule has 9 heteroatoms. The van der Waals surface area contributed by atoms with Crippen molar-refractivity contribution in [3.05, 3.63) is 18.7 Å². The minimum absolute atomic E-state index is 0.332. The van der Waals surface area contributed by atoms with Crippen LogP contribution in [0.3, 0.4) is 0 Å². The highest BCUT2D eigenvalue weighted by Gasteiger charge is 2.25. The van der Waals surface area contributed by atoms with Crippen LogP contribution in [0.4, 0.5) is 11.9 Å². The molecule has 0 saturated carbocycles. The maximum absolute atomic E-state index is 5.45. The van der Waals surface area contributed by atoms with Gasteiger partial charge >= 0.3 is 0 Å². The van der Waals surface area contributed by atoms with Crippen molar-refractivity contribution in [3.8, 4) is 5.95 Å². The van der Waals surface area contributed by atoms with E-state index in [9.17, 15) is 0 Å². The molecule has 0 radical (unpaired) electrons. The van der Waals surface area contributed by atoms with Crippen LogP contribution in [0.1, 0.15) is 6.42 Å². The predicted molar refractivity (Wildman–Crippen MR) is 77.0 cm³/mol. The number of nitrogen functional groups attached to an aromatic ring is 1. The molecule has 2 aromatic heterocycles. The van der Waals surface area contributed by atoms with Crippen molar-refractivity contribution in [2.45, 2.75) is 6.42 Å². The van der Waals surface area contributed by atoms with Crippen molar-refractivity contribution < 1.29 is 4.74 Å². The summed E-state index contributed by atoms with van der Waals surface area (Å²) in [5.74, 6) is 7.38. The van der Waals surface area contributed by atoms with Gasteiger partial charge in [-0.05, 0) is 6.42 Å². The van der Waals surface area contributed by atoms with E-state index < -0.39 is 0 Å². The second-order valence-corrected chi connectivity index (χ2v) is 4.93. The Hall–Kier alpha value is -2.26. The van der Waals surface area contributed by atoms with Crippen molar-refractivity contribution >= 4 is 11.9 Å². The van der Waals surface area contributed by atoms with Crippen LogP contribution >= 0.6 is 0 Å². The molecule has 3 N–H and O–H groups in total. The Morgan fingerprint density at radius 1 is 1.38 bits per heavy atom. The summed E-state index contributed by atoms with van der Waals surface area (Å²) < 4.78 is 6.93. The zero-order valence-electron chi connectivity index (χ0n) is 11.8. The van der Waals surface area contributed by atoms with Gasteiger partial charge in [-0.25, -0.2) is 10.8 Å². The summed E-state index contributed by atoms with van der Waals surface area (Å²) in [6.07, 6.45) is 6.14. The van der Waals surface area contributed by atoms with Crippen LogP contribution in [0.2, 0.25) is 0 Å². The molecular formula is C12H18N8O. The molecule has 0 amide bonds. The molecule has 0 spiro atoms. The van der Waals surface area contributed by atoms with E-state index in [1.54, 1.807) is 30.4 Å². The average molecular weight is 290 g/mol. The number of nitrogens with one attached hydrogen (secondary N) is 1. The van der Waals surface area contributed by atoms with Gasteiger partial charge in [-0.3, -0.25) is 9.99 Å². The highest BCUT2D eigenvalue weighted by molar-refractivity contribution is 5.40. The number of anilines is 2. The van der Waals surface area contributed by atoms with Gasteiger partial charge in [0.2, 0.25) is 17.8 Å². The van der Waals surface area contributed by atoms with Crippen molar-refractivity contribution in [1.82, 2.24) is 24.5 Å². The highest BCUT2D eigenvalue weighted by Crippen LogP contribution is 2.22. The van der Waals surface area contributed by atoms with Crippen LogP contribution in [-0.4, -0.2) is 51.3 Å². The smallest absolute Gasteiger partial charge is 0.243 e. The zero-order valence-corrected chi connectivity index (χ0v) is 11.8. The Morgan fingerprint density at radius 3 is 2.95 bits per heavy atom. The molecule has 3 rings (SSSR count). The molecule has 2 aromatic rings. The average Bonchev–Trinajstić information content (AvgIpc) is 3.18. The third-order valence-electron chi connectivity index (χ3n) is 3.45. The summed E-state index contributed by atoms with van der Waals surface area (Å²) in [6, 6.07) is 0. The van der Waals surface area contributed by atoms with Gasteiger partial charge < -0.3 is 9.64 Å². The van der Waals surface area contributed by atoms with E-state index >= 15 is 0 Å². The molecule has 112 valence electrons. The number of hydrogen-bond acceptors (Lipinski definition) is 8. The summed E-state index contributed by atoms with van der Waals surface area (Å²) in [6.45, 7) is 2.51. The van der Waals surface area contributed by atoms with Gasteiger partial charge in [-0.15, -0.1) is 0 Å². The molecule has 1 fully saturated rings. The van der Waals surface area contributed by atoms with Crippen LogP contribution in [0, 0.1) is 5.92 Å². The lowest BCUT2D eigenvalue weighted by Crippen LogP contribution is -2.25. The SMILES string of the molecule is COCC1CCN(c2nc(NN)nc(-n3ccnc3)n2)C1. The van der Waals surface area contributed by atoms with E-state index in [0.29, 0.717) is 23.8 Å². The van der Waals surface area contributed by atoms with Crippen molar-refractivity contribution in [2.24, 2.45) is 11.8 Å². The van der Waals surface area contributed by atoms with E-state index in [1.807, 2.05) is 0 Å². The number of ether oxygens (including phenoxy) is 1. The van der Waals surface area contributed by atoms with Gasteiger partial charge in [0.15, 0.2) is 0 Å². The van der Waals surface area contributed by atoms with E-state index in [0.717, 1.165) is 26.1 Å². The summed E-state index contributed by atoms with van der Waals surface area (Å²) in [5, 5.41) is 0. The fourth-order valence-corrected chi connectivity index (χ4v) is 2.44. The van der Waals surface area contributed by atoms with Crippen LogP contribution in [0.5, 0.6) is 0 Å². The van der Waals surface area contributed by atoms with Crippen LogP contribution in [0.15, 0.2) is 18.7 Å². The molecule has 21 heavy (non-hydrogen) atoms. The Balaban J connectivity index is 1.87. The number of imidazole rings is 1. The third kappa shape index (κ3) is 2.93. The van der Waals surface area contributed by atoms with Crippen LogP contribution < -0.4 is 16.2 Å². The Kier molecular flexibility index (Phi) is 3.93. The van der Waals surface area contributed by atoms with Crippen molar-refractivity contribution in [2.75, 3.05) is 37.1 Å². The van der Waals surface area contributed by atoms with Crippen LogP contribution in [-0.2, 0) is 4.74 Å². The van der Waals surface area contributed by atoms with Gasteiger partial charge in [0.25, 0.3) is 0 Å². The van der Waals surface area contributed by atoms with Crippen molar-refractivity contribution in [3.63, 3.8) is 0 Å². The zero-order chi connectivity index (χ0) is 14.7. The Bertz CT molecular complexity index is 587. The first kappa shape index (κ1) is 13.7. The minimum Gasteiger partial charge on any atom is -0.384 e. The number of aromatic nitrogens is 5. The molecule has 1 unspecified atom stereocenters. The molecule has 1 atom stereocenters. The lowest BCUT2D eigenvalue weighted by molar-refractivity contribution is 0.161. The second-order valence-electron chi connectivity index (χ2n) is 4.93. The maximum Gasteiger partial charge on any atom is 0.243 e. The van der Waals surface area contributed by atoms with E-state index in [-0.39, 0.29) is 0 Å². The fraction of sp³-hybridized carbons (Fsp3) is 0.500. The highest BCUT2D eigenvalue weighted by atomic mass is 16.5. The van der Waals surface area contributed by atoms with E-state index in [4.69, 9.17) is 10.6 Å². The van der Waals surface area contributed by atoms with E-state index in [1.165, 1.54) is 0 Å². The molecule has 1 saturated heterocycles. The molecule has 3 heterocycles. The monoisotopic (exact) mass is 290 g/mol. The first-order valence-corrected chi connectivity index (χ1v) is 6.75. The molecule has 0 aliphatic carbocycles. The number of hydrazine groups is 1. The Morgan fingerprint density at radius 2 is 2.24 bits per heavy atom. The first-order valence-electron chi connectivity index (χ1n) is 6.75. The molecule has 1 aliphatic heterocycles. The summed E-state index contributed by atoms with van der Waals surface area (Å²) in [4.78, 5) is 19.2. The Labute approximate surface area is 122 Å². The minimum atomic E-state index is 0.332. The fourth-order valence-electron chi connectivity index (χ4n) is 2.44. The molecule has 1 aliphatic rings. The summed E-state index contributed by atoms with van der Waals surface area (Å²) >= 11 is 0. The lowest BCUT2D eigenvalue weighted by atomic mass is 10.1. The van der Waals surface area contributed by atoms with Gasteiger partial charge in [0.05, 0.1) is 6.61 Å².